The third-order valence-electron chi connectivity index (χ3n) is 3.22. The molecule has 0 fully saturated rings. The topological polar surface area (TPSA) is 110 Å². The number of hydrogen-bond donors (Lipinski definition) is 3. The van der Waals surface area contributed by atoms with Crippen LogP contribution in [0.2, 0.25) is 0 Å². The van der Waals surface area contributed by atoms with Gasteiger partial charge in [-0.15, -0.1) is 0 Å². The Labute approximate surface area is 114 Å². The number of nitrogen functional groups attached to an aromatic ring is 1. The number of aliphatic carboxylic acids is 1. The molecule has 0 aromatic carbocycles. The maximum Gasteiger partial charge on any atom is 0.328 e. The van der Waals surface area contributed by atoms with Crippen LogP contribution in [0, 0.1) is 0 Å². The van der Waals surface area contributed by atoms with Crippen LogP contribution in [0.3, 0.4) is 0 Å². The molecule has 0 aliphatic rings. The van der Waals surface area contributed by atoms with E-state index in [1.54, 1.807) is 31.6 Å². The van der Waals surface area contributed by atoms with Gasteiger partial charge in [-0.1, -0.05) is 0 Å². The van der Waals surface area contributed by atoms with Crippen molar-refractivity contribution in [1.82, 2.24) is 19.7 Å². The van der Waals surface area contributed by atoms with Crippen LogP contribution >= 0.6 is 0 Å². The number of aromatic nitrogens is 4. The number of carboxylic acids is 1. The number of H-pyrrole nitrogens is 1. The number of nitrogens with zero attached hydrogens (tertiary/aromatic N) is 3. The molecule has 0 bridgehead atoms. The van der Waals surface area contributed by atoms with Crippen LogP contribution in [-0.2, 0) is 4.79 Å². The lowest BCUT2D eigenvalue weighted by molar-refractivity contribution is -0.140. The molecule has 0 spiro atoms. The predicted octanol–water partition coefficient (Wildman–Crippen LogP) is 1.65. The van der Waals surface area contributed by atoms with Gasteiger partial charge < -0.3 is 15.8 Å². The number of carboxylic acid groups (broad SMARTS) is 1. The number of nitrogens with two attached hydrogens (primary N) is 1. The molecule has 102 valence electrons. The summed E-state index contributed by atoms with van der Waals surface area (Å²) in [4.78, 5) is 18.2. The largest absolute Gasteiger partial charge is 0.480 e. The number of rotatable bonds is 3. The molecule has 0 aliphatic heterocycles. The van der Waals surface area contributed by atoms with Gasteiger partial charge in [-0.25, -0.2) is 9.78 Å². The first kappa shape index (κ1) is 12.2. The maximum atomic E-state index is 11.0. The van der Waals surface area contributed by atoms with E-state index in [2.05, 4.69) is 15.1 Å². The average Bonchev–Trinajstić information content (AvgIpc) is 3.05. The van der Waals surface area contributed by atoms with E-state index in [1.807, 2.05) is 6.07 Å². The number of anilines is 1. The Balaban J connectivity index is 2.12. The van der Waals surface area contributed by atoms with Gasteiger partial charge in [-0.3, -0.25) is 4.68 Å². The van der Waals surface area contributed by atoms with E-state index in [-0.39, 0.29) is 0 Å². The van der Waals surface area contributed by atoms with Gasteiger partial charge in [0, 0.05) is 23.3 Å². The minimum atomic E-state index is -0.930. The highest BCUT2D eigenvalue weighted by molar-refractivity contribution is 5.94. The number of pyridine rings is 1. The van der Waals surface area contributed by atoms with Crippen molar-refractivity contribution in [3.63, 3.8) is 0 Å². The first-order chi connectivity index (χ1) is 9.56. The molecule has 20 heavy (non-hydrogen) atoms. The third-order valence-corrected chi connectivity index (χ3v) is 3.22. The molecule has 3 aromatic heterocycles. The zero-order chi connectivity index (χ0) is 14.3. The molecule has 7 nitrogen and oxygen atoms in total. The number of fused-ring (bicyclic) bond motifs is 1. The van der Waals surface area contributed by atoms with Crippen molar-refractivity contribution in [2.75, 3.05) is 5.73 Å². The second kappa shape index (κ2) is 4.37. The third kappa shape index (κ3) is 1.89. The molecule has 3 aromatic rings. The summed E-state index contributed by atoms with van der Waals surface area (Å²) >= 11 is 0. The molecular weight excluding hydrogens is 258 g/mol. The normalized spacial score (nSPS) is 12.7. The first-order valence-electron chi connectivity index (χ1n) is 6.07. The lowest BCUT2D eigenvalue weighted by Gasteiger charge is -2.05. The molecule has 0 amide bonds. The Morgan fingerprint density at radius 1 is 1.55 bits per heavy atom. The maximum absolute atomic E-state index is 11.0. The molecule has 0 unspecified atom stereocenters. The molecule has 3 heterocycles. The number of aromatic amines is 1. The summed E-state index contributed by atoms with van der Waals surface area (Å²) in [5, 5.41) is 14.0. The molecule has 4 N–H and O–H groups in total. The number of nitrogens with one attached hydrogen (secondary N) is 1. The van der Waals surface area contributed by atoms with Gasteiger partial charge in [0.25, 0.3) is 0 Å². The molecular formula is C13H13N5O2. The van der Waals surface area contributed by atoms with Gasteiger partial charge in [0.2, 0.25) is 0 Å². The minimum absolute atomic E-state index is 0.397. The fraction of sp³-hybridized carbons (Fsp3) is 0.154. The van der Waals surface area contributed by atoms with E-state index in [1.165, 1.54) is 4.68 Å². The van der Waals surface area contributed by atoms with Crippen LogP contribution in [0.4, 0.5) is 5.82 Å². The molecule has 0 aliphatic carbocycles. The monoisotopic (exact) mass is 271 g/mol. The van der Waals surface area contributed by atoms with Crippen LogP contribution in [-0.4, -0.2) is 30.8 Å². The highest BCUT2D eigenvalue weighted by Crippen LogP contribution is 2.29. The summed E-state index contributed by atoms with van der Waals surface area (Å²) in [5.74, 6) is -0.533. The summed E-state index contributed by atoms with van der Waals surface area (Å²) in [6, 6.07) is 2.93. The average molecular weight is 271 g/mol. The van der Waals surface area contributed by atoms with Gasteiger partial charge in [0.15, 0.2) is 0 Å². The Bertz CT molecular complexity index is 789. The standard InChI is InChI=1S/C13H13N5O2/c1-7(13(19)20)18-6-8(5-16-18)10-4-11(14)17-12-9(10)2-3-15-12/h2-7H,1H3,(H,19,20)(H3,14,15,17)/t7-/m0/s1. The van der Waals surface area contributed by atoms with Crippen LogP contribution in [0.25, 0.3) is 22.2 Å². The SMILES string of the molecule is C[C@@H](C(=O)O)n1cc(-c2cc(N)nc3[nH]ccc23)cn1. The summed E-state index contributed by atoms with van der Waals surface area (Å²) in [5.41, 5.74) is 8.15. The Morgan fingerprint density at radius 3 is 3.10 bits per heavy atom. The zero-order valence-electron chi connectivity index (χ0n) is 10.7. The Kier molecular flexibility index (Phi) is 2.67. The molecule has 1 atom stereocenters. The molecule has 0 radical (unpaired) electrons. The molecule has 0 saturated heterocycles. The highest BCUT2D eigenvalue weighted by Gasteiger charge is 2.16. The van der Waals surface area contributed by atoms with Gasteiger partial charge in [-0.2, -0.15) is 5.10 Å². The second-order valence-corrected chi connectivity index (χ2v) is 4.56. The predicted molar refractivity (Wildman–Crippen MR) is 74.1 cm³/mol. The van der Waals surface area contributed by atoms with Crippen molar-refractivity contribution in [3.8, 4) is 11.1 Å². The number of hydrogen-bond acceptors (Lipinski definition) is 4. The van der Waals surface area contributed by atoms with Crippen LogP contribution in [0.15, 0.2) is 30.7 Å². The second-order valence-electron chi connectivity index (χ2n) is 4.56. The van der Waals surface area contributed by atoms with Crippen LogP contribution in [0.5, 0.6) is 0 Å². The zero-order valence-corrected chi connectivity index (χ0v) is 10.7. The van der Waals surface area contributed by atoms with E-state index < -0.39 is 12.0 Å². The van der Waals surface area contributed by atoms with E-state index in [0.29, 0.717) is 11.5 Å². The Hall–Kier alpha value is -2.83. The minimum Gasteiger partial charge on any atom is -0.480 e. The van der Waals surface area contributed by atoms with Gasteiger partial charge in [0.05, 0.1) is 6.20 Å². The summed E-state index contributed by atoms with van der Waals surface area (Å²) in [6.07, 6.45) is 5.10. The fourth-order valence-corrected chi connectivity index (χ4v) is 2.10. The first-order valence-corrected chi connectivity index (χ1v) is 6.07. The van der Waals surface area contributed by atoms with Gasteiger partial charge in [0.1, 0.15) is 17.5 Å². The fourth-order valence-electron chi connectivity index (χ4n) is 2.10. The van der Waals surface area contributed by atoms with Crippen molar-refractivity contribution in [2.24, 2.45) is 0 Å². The van der Waals surface area contributed by atoms with Crippen molar-refractivity contribution in [2.45, 2.75) is 13.0 Å². The van der Waals surface area contributed by atoms with E-state index >= 15 is 0 Å². The van der Waals surface area contributed by atoms with E-state index in [9.17, 15) is 4.79 Å². The lowest BCUT2D eigenvalue weighted by Crippen LogP contribution is -2.15. The van der Waals surface area contributed by atoms with E-state index in [4.69, 9.17) is 10.8 Å². The van der Waals surface area contributed by atoms with Crippen molar-refractivity contribution >= 4 is 22.8 Å². The molecule has 3 rings (SSSR count). The molecule has 0 saturated carbocycles. The quantitative estimate of drug-likeness (QED) is 0.671. The molecule has 7 heteroatoms. The Morgan fingerprint density at radius 2 is 2.35 bits per heavy atom. The van der Waals surface area contributed by atoms with Crippen LogP contribution in [0.1, 0.15) is 13.0 Å². The highest BCUT2D eigenvalue weighted by atomic mass is 16.4. The van der Waals surface area contributed by atoms with Gasteiger partial charge in [-0.05, 0) is 24.6 Å². The number of carbonyl (C=O) groups is 1. The van der Waals surface area contributed by atoms with Crippen LogP contribution < -0.4 is 5.73 Å². The summed E-state index contributed by atoms with van der Waals surface area (Å²) < 4.78 is 1.41. The smallest absolute Gasteiger partial charge is 0.328 e. The van der Waals surface area contributed by atoms with E-state index in [0.717, 1.165) is 16.5 Å². The lowest BCUT2D eigenvalue weighted by atomic mass is 10.1. The van der Waals surface area contributed by atoms with Gasteiger partial charge >= 0.3 is 5.97 Å². The van der Waals surface area contributed by atoms with Crippen molar-refractivity contribution < 1.29 is 9.90 Å². The van der Waals surface area contributed by atoms with Crippen molar-refractivity contribution in [3.05, 3.63) is 30.7 Å². The van der Waals surface area contributed by atoms with Crippen molar-refractivity contribution in [1.29, 1.82) is 0 Å². The summed E-state index contributed by atoms with van der Waals surface area (Å²) in [7, 11) is 0. The summed E-state index contributed by atoms with van der Waals surface area (Å²) in [6.45, 7) is 1.58.